The highest BCUT2D eigenvalue weighted by atomic mass is 16.1. The van der Waals surface area contributed by atoms with Crippen molar-refractivity contribution in [3.63, 3.8) is 0 Å². The van der Waals surface area contributed by atoms with E-state index >= 15 is 0 Å². The van der Waals surface area contributed by atoms with Crippen LogP contribution in [-0.4, -0.2) is 5.78 Å². The van der Waals surface area contributed by atoms with Crippen molar-refractivity contribution in [1.82, 2.24) is 0 Å². The average Bonchev–Trinajstić information content (AvgIpc) is 2.39. The van der Waals surface area contributed by atoms with Crippen molar-refractivity contribution in [1.29, 1.82) is 5.26 Å². The van der Waals surface area contributed by atoms with Crippen LogP contribution in [0.5, 0.6) is 0 Å². The van der Waals surface area contributed by atoms with Crippen LogP contribution in [0, 0.1) is 17.2 Å². The average molecular weight is 227 g/mol. The molecule has 0 amide bonds. The van der Waals surface area contributed by atoms with E-state index < -0.39 is 0 Å². The van der Waals surface area contributed by atoms with Crippen molar-refractivity contribution in [2.24, 2.45) is 5.92 Å². The standard InChI is InChI=1S/C15H17NO/c1-2-11-5-8-14(15(17)9-11)13-6-3-12(10-16)4-7-13/h3-4,6-7,11,14H,2,5,8-9H2,1H3. The summed E-state index contributed by atoms with van der Waals surface area (Å²) >= 11 is 0. The maximum Gasteiger partial charge on any atom is 0.140 e. The van der Waals surface area contributed by atoms with Gasteiger partial charge in [0.15, 0.2) is 0 Å². The molecule has 1 fully saturated rings. The summed E-state index contributed by atoms with van der Waals surface area (Å²) in [5, 5.41) is 8.74. The van der Waals surface area contributed by atoms with Crippen LogP contribution in [0.25, 0.3) is 0 Å². The number of benzene rings is 1. The van der Waals surface area contributed by atoms with Crippen LogP contribution in [0.15, 0.2) is 24.3 Å². The summed E-state index contributed by atoms with van der Waals surface area (Å²) in [7, 11) is 0. The van der Waals surface area contributed by atoms with Crippen molar-refractivity contribution in [2.75, 3.05) is 0 Å². The van der Waals surface area contributed by atoms with Crippen LogP contribution < -0.4 is 0 Å². The molecule has 0 aliphatic heterocycles. The highest BCUT2D eigenvalue weighted by molar-refractivity contribution is 5.86. The summed E-state index contributed by atoms with van der Waals surface area (Å²) in [4.78, 5) is 12.1. The van der Waals surface area contributed by atoms with Gasteiger partial charge in [-0.3, -0.25) is 4.79 Å². The van der Waals surface area contributed by atoms with Crippen molar-refractivity contribution in [2.45, 2.75) is 38.5 Å². The summed E-state index contributed by atoms with van der Waals surface area (Å²) in [5.74, 6) is 1.01. The lowest BCUT2D eigenvalue weighted by atomic mass is 9.77. The van der Waals surface area contributed by atoms with Gasteiger partial charge in [0, 0.05) is 12.3 Å². The van der Waals surface area contributed by atoms with E-state index in [1.165, 1.54) is 0 Å². The number of nitrogens with zero attached hydrogens (tertiary/aromatic N) is 1. The first-order chi connectivity index (χ1) is 8.24. The van der Waals surface area contributed by atoms with Gasteiger partial charge in [0.25, 0.3) is 0 Å². The van der Waals surface area contributed by atoms with Gasteiger partial charge in [-0.1, -0.05) is 25.5 Å². The third-order valence-electron chi connectivity index (χ3n) is 3.76. The van der Waals surface area contributed by atoms with Gasteiger partial charge in [-0.15, -0.1) is 0 Å². The van der Waals surface area contributed by atoms with Crippen LogP contribution >= 0.6 is 0 Å². The van der Waals surface area contributed by atoms with Crippen LogP contribution in [-0.2, 0) is 4.79 Å². The first kappa shape index (κ1) is 11.9. The second-order valence-electron chi connectivity index (χ2n) is 4.81. The maximum atomic E-state index is 12.1. The van der Waals surface area contributed by atoms with E-state index in [1.54, 1.807) is 12.1 Å². The van der Waals surface area contributed by atoms with E-state index in [0.29, 0.717) is 17.3 Å². The van der Waals surface area contributed by atoms with Crippen LogP contribution in [0.1, 0.15) is 49.7 Å². The Morgan fingerprint density at radius 3 is 2.53 bits per heavy atom. The molecule has 1 aromatic rings. The van der Waals surface area contributed by atoms with Crippen molar-refractivity contribution >= 4 is 5.78 Å². The van der Waals surface area contributed by atoms with Crippen LogP contribution in [0.4, 0.5) is 0 Å². The van der Waals surface area contributed by atoms with Crippen LogP contribution in [0.2, 0.25) is 0 Å². The zero-order chi connectivity index (χ0) is 12.3. The first-order valence-corrected chi connectivity index (χ1v) is 6.27. The quantitative estimate of drug-likeness (QED) is 0.776. The molecule has 0 aromatic heterocycles. The molecule has 2 unspecified atom stereocenters. The molecule has 2 heteroatoms. The molecule has 1 saturated carbocycles. The molecule has 1 aliphatic carbocycles. The van der Waals surface area contributed by atoms with Gasteiger partial charge in [0.2, 0.25) is 0 Å². The fraction of sp³-hybridized carbons (Fsp3) is 0.467. The topological polar surface area (TPSA) is 40.9 Å². The minimum atomic E-state index is 0.0607. The minimum Gasteiger partial charge on any atom is -0.299 e. The second kappa shape index (κ2) is 5.14. The Hall–Kier alpha value is -1.62. The fourth-order valence-corrected chi connectivity index (χ4v) is 2.58. The second-order valence-corrected chi connectivity index (χ2v) is 4.81. The zero-order valence-corrected chi connectivity index (χ0v) is 10.1. The van der Waals surface area contributed by atoms with Crippen LogP contribution in [0.3, 0.4) is 0 Å². The molecular weight excluding hydrogens is 210 g/mol. The lowest BCUT2D eigenvalue weighted by Gasteiger charge is -2.26. The van der Waals surface area contributed by atoms with E-state index in [2.05, 4.69) is 13.0 Å². The van der Waals surface area contributed by atoms with Gasteiger partial charge >= 0.3 is 0 Å². The minimum absolute atomic E-state index is 0.0607. The molecule has 0 N–H and O–H groups in total. The highest BCUT2D eigenvalue weighted by Crippen LogP contribution is 2.34. The Kier molecular flexibility index (Phi) is 3.58. The van der Waals surface area contributed by atoms with Gasteiger partial charge in [0.05, 0.1) is 11.6 Å². The normalized spacial score (nSPS) is 24.4. The smallest absolute Gasteiger partial charge is 0.140 e. The largest absolute Gasteiger partial charge is 0.299 e. The molecule has 17 heavy (non-hydrogen) atoms. The molecule has 1 aliphatic rings. The Morgan fingerprint density at radius 1 is 1.29 bits per heavy atom. The lowest BCUT2D eigenvalue weighted by Crippen LogP contribution is -2.23. The van der Waals surface area contributed by atoms with Crippen molar-refractivity contribution < 1.29 is 4.79 Å². The Balaban J connectivity index is 2.12. The number of carbonyl (C=O) groups is 1. The molecule has 0 radical (unpaired) electrons. The number of hydrogen-bond acceptors (Lipinski definition) is 2. The zero-order valence-electron chi connectivity index (χ0n) is 10.1. The predicted octanol–water partition coefficient (Wildman–Crippen LogP) is 3.42. The summed E-state index contributed by atoms with van der Waals surface area (Å²) in [5.41, 5.74) is 1.73. The number of ketones is 1. The summed E-state index contributed by atoms with van der Waals surface area (Å²) in [6, 6.07) is 9.55. The Labute approximate surface area is 102 Å². The van der Waals surface area contributed by atoms with Gasteiger partial charge in [-0.05, 0) is 36.5 Å². The number of rotatable bonds is 2. The lowest BCUT2D eigenvalue weighted by molar-refractivity contribution is -0.123. The number of nitriles is 1. The van der Waals surface area contributed by atoms with Gasteiger partial charge in [0.1, 0.15) is 5.78 Å². The predicted molar refractivity (Wildman–Crippen MR) is 66.5 cm³/mol. The van der Waals surface area contributed by atoms with Gasteiger partial charge in [-0.25, -0.2) is 0 Å². The van der Waals surface area contributed by atoms with E-state index in [4.69, 9.17) is 5.26 Å². The molecule has 2 atom stereocenters. The fourth-order valence-electron chi connectivity index (χ4n) is 2.58. The molecule has 0 bridgehead atoms. The maximum absolute atomic E-state index is 12.1. The molecule has 2 nitrogen and oxygen atoms in total. The monoisotopic (exact) mass is 227 g/mol. The first-order valence-electron chi connectivity index (χ1n) is 6.27. The molecule has 1 aromatic carbocycles. The van der Waals surface area contributed by atoms with Crippen molar-refractivity contribution in [3.8, 4) is 6.07 Å². The van der Waals surface area contributed by atoms with Gasteiger partial charge in [-0.2, -0.15) is 5.26 Å². The SMILES string of the molecule is CCC1CCC(c2ccc(C#N)cc2)C(=O)C1. The van der Waals surface area contributed by atoms with E-state index in [1.807, 2.05) is 12.1 Å². The molecule has 2 rings (SSSR count). The summed E-state index contributed by atoms with van der Waals surface area (Å²) in [6.45, 7) is 2.15. The van der Waals surface area contributed by atoms with E-state index in [9.17, 15) is 4.79 Å². The molecule has 0 heterocycles. The third-order valence-corrected chi connectivity index (χ3v) is 3.76. The highest BCUT2D eigenvalue weighted by Gasteiger charge is 2.28. The molecular formula is C15H17NO. The summed E-state index contributed by atoms with van der Waals surface area (Å²) < 4.78 is 0. The number of carbonyl (C=O) groups excluding carboxylic acids is 1. The Bertz CT molecular complexity index is 441. The third kappa shape index (κ3) is 2.55. The van der Waals surface area contributed by atoms with Gasteiger partial charge < -0.3 is 0 Å². The Morgan fingerprint density at radius 2 is 2.00 bits per heavy atom. The van der Waals surface area contributed by atoms with E-state index in [-0.39, 0.29) is 5.92 Å². The number of hydrogen-bond donors (Lipinski definition) is 0. The molecule has 88 valence electrons. The summed E-state index contributed by atoms with van der Waals surface area (Å²) in [6.07, 6.45) is 3.93. The molecule has 0 spiro atoms. The number of Topliss-reactive ketones (excluding diaryl/α,β-unsaturated/α-hetero) is 1. The van der Waals surface area contributed by atoms with Crippen molar-refractivity contribution in [3.05, 3.63) is 35.4 Å². The molecule has 0 saturated heterocycles. The van der Waals surface area contributed by atoms with E-state index in [0.717, 1.165) is 31.2 Å².